The van der Waals surface area contributed by atoms with Crippen molar-refractivity contribution in [3.8, 4) is 0 Å². The van der Waals surface area contributed by atoms with Gasteiger partial charge in [0.1, 0.15) is 0 Å². The van der Waals surface area contributed by atoms with Crippen LogP contribution in [0.1, 0.15) is 32.3 Å². The van der Waals surface area contributed by atoms with E-state index in [1.54, 1.807) is 0 Å². The van der Waals surface area contributed by atoms with E-state index in [9.17, 15) is 5.11 Å². The van der Waals surface area contributed by atoms with Crippen LogP contribution in [-0.4, -0.2) is 48.3 Å². The van der Waals surface area contributed by atoms with E-state index in [1.807, 2.05) is 13.8 Å². The SMILES string of the molecule is CC(C)(O)CN1CCC(CN2CCc3ccccc32)CC1. The molecule has 3 rings (SSSR count). The first-order valence-electron chi connectivity index (χ1n) is 8.29. The Kier molecular flexibility index (Phi) is 4.23. The number of likely N-dealkylation sites (tertiary alicyclic amines) is 1. The Hall–Kier alpha value is -1.06. The number of para-hydroxylation sites is 1. The molecule has 0 aliphatic carbocycles. The van der Waals surface area contributed by atoms with Crippen LogP contribution in [0.5, 0.6) is 0 Å². The fourth-order valence-electron chi connectivity index (χ4n) is 3.78. The highest BCUT2D eigenvalue weighted by atomic mass is 16.3. The Morgan fingerprint density at radius 3 is 2.57 bits per heavy atom. The molecule has 0 aromatic heterocycles. The van der Waals surface area contributed by atoms with Crippen molar-refractivity contribution in [3.05, 3.63) is 29.8 Å². The maximum atomic E-state index is 9.92. The molecule has 1 N–H and O–H groups in total. The number of hydrogen-bond donors (Lipinski definition) is 1. The standard InChI is InChI=1S/C18H28N2O/c1-18(2,21)14-19-10-7-15(8-11-19)13-20-12-9-16-5-3-4-6-17(16)20/h3-6,15,21H,7-14H2,1-2H3. The van der Waals surface area contributed by atoms with E-state index in [-0.39, 0.29) is 0 Å². The van der Waals surface area contributed by atoms with Crippen molar-refractivity contribution < 1.29 is 5.11 Å². The maximum absolute atomic E-state index is 9.92. The number of nitrogens with zero attached hydrogens (tertiary/aromatic N) is 2. The molecule has 2 aliphatic rings. The highest BCUT2D eigenvalue weighted by molar-refractivity contribution is 5.57. The fraction of sp³-hybridized carbons (Fsp3) is 0.667. The van der Waals surface area contributed by atoms with Gasteiger partial charge in [-0.2, -0.15) is 0 Å². The van der Waals surface area contributed by atoms with Gasteiger partial charge in [0, 0.05) is 25.3 Å². The number of rotatable bonds is 4. The lowest BCUT2D eigenvalue weighted by molar-refractivity contribution is 0.0249. The third-order valence-electron chi connectivity index (χ3n) is 4.78. The molecule has 0 unspecified atom stereocenters. The van der Waals surface area contributed by atoms with Gasteiger partial charge in [-0.05, 0) is 63.7 Å². The number of aliphatic hydroxyl groups is 1. The van der Waals surface area contributed by atoms with Crippen LogP contribution in [0, 0.1) is 5.92 Å². The van der Waals surface area contributed by atoms with Crippen molar-refractivity contribution in [1.82, 2.24) is 4.90 Å². The van der Waals surface area contributed by atoms with Crippen LogP contribution in [0.25, 0.3) is 0 Å². The molecule has 21 heavy (non-hydrogen) atoms. The minimum Gasteiger partial charge on any atom is -0.389 e. The summed E-state index contributed by atoms with van der Waals surface area (Å²) in [7, 11) is 0. The molecule has 0 radical (unpaired) electrons. The van der Waals surface area contributed by atoms with Crippen LogP contribution >= 0.6 is 0 Å². The molecule has 3 nitrogen and oxygen atoms in total. The highest BCUT2D eigenvalue weighted by Gasteiger charge is 2.27. The molecular weight excluding hydrogens is 260 g/mol. The summed E-state index contributed by atoms with van der Waals surface area (Å²) in [6, 6.07) is 8.84. The fourth-order valence-corrected chi connectivity index (χ4v) is 3.78. The Bertz CT molecular complexity index is 472. The van der Waals surface area contributed by atoms with Crippen molar-refractivity contribution in [2.24, 2.45) is 5.92 Å². The normalized spacial score (nSPS) is 20.8. The lowest BCUT2D eigenvalue weighted by Gasteiger charge is -2.37. The summed E-state index contributed by atoms with van der Waals surface area (Å²) in [5, 5.41) is 9.92. The number of anilines is 1. The molecule has 3 heteroatoms. The van der Waals surface area contributed by atoms with Gasteiger partial charge in [-0.3, -0.25) is 0 Å². The Labute approximate surface area is 128 Å². The monoisotopic (exact) mass is 288 g/mol. The van der Waals surface area contributed by atoms with Crippen LogP contribution in [0.2, 0.25) is 0 Å². The van der Waals surface area contributed by atoms with Crippen LogP contribution in [-0.2, 0) is 6.42 Å². The summed E-state index contributed by atoms with van der Waals surface area (Å²) in [6.45, 7) is 9.25. The van der Waals surface area contributed by atoms with E-state index in [4.69, 9.17) is 0 Å². The van der Waals surface area contributed by atoms with Gasteiger partial charge < -0.3 is 14.9 Å². The lowest BCUT2D eigenvalue weighted by atomic mass is 9.95. The summed E-state index contributed by atoms with van der Waals surface area (Å²) < 4.78 is 0. The van der Waals surface area contributed by atoms with Crippen molar-refractivity contribution in [1.29, 1.82) is 0 Å². The molecule has 0 saturated carbocycles. The number of fused-ring (bicyclic) bond motifs is 1. The van der Waals surface area contributed by atoms with Gasteiger partial charge in [-0.15, -0.1) is 0 Å². The van der Waals surface area contributed by atoms with E-state index in [1.165, 1.54) is 43.6 Å². The van der Waals surface area contributed by atoms with E-state index in [2.05, 4.69) is 34.1 Å². The topological polar surface area (TPSA) is 26.7 Å². The summed E-state index contributed by atoms with van der Waals surface area (Å²) in [4.78, 5) is 4.99. The predicted molar refractivity (Wildman–Crippen MR) is 87.8 cm³/mol. The number of hydrogen-bond acceptors (Lipinski definition) is 3. The zero-order chi connectivity index (χ0) is 14.9. The number of β-amino-alcohol motifs (C(OH)–C–C–N with tert-alkyl or cyclic N) is 1. The third kappa shape index (κ3) is 3.78. The summed E-state index contributed by atoms with van der Waals surface area (Å²) in [6.07, 6.45) is 3.72. The van der Waals surface area contributed by atoms with Gasteiger partial charge in [0.15, 0.2) is 0 Å². The molecule has 0 bridgehead atoms. The summed E-state index contributed by atoms with van der Waals surface area (Å²) in [5.74, 6) is 0.800. The van der Waals surface area contributed by atoms with Gasteiger partial charge in [0.2, 0.25) is 0 Å². The van der Waals surface area contributed by atoms with Gasteiger partial charge in [-0.1, -0.05) is 18.2 Å². The molecule has 1 aromatic rings. The van der Waals surface area contributed by atoms with Gasteiger partial charge >= 0.3 is 0 Å². The van der Waals surface area contributed by atoms with Crippen LogP contribution in [0.15, 0.2) is 24.3 Å². The van der Waals surface area contributed by atoms with Gasteiger partial charge in [0.05, 0.1) is 5.60 Å². The molecule has 1 saturated heterocycles. The van der Waals surface area contributed by atoms with Crippen molar-refractivity contribution >= 4 is 5.69 Å². The Morgan fingerprint density at radius 2 is 1.86 bits per heavy atom. The van der Waals surface area contributed by atoms with Gasteiger partial charge in [0.25, 0.3) is 0 Å². The number of benzene rings is 1. The second kappa shape index (κ2) is 5.98. The second-order valence-corrected chi connectivity index (χ2v) is 7.36. The molecule has 0 amide bonds. The third-order valence-corrected chi connectivity index (χ3v) is 4.78. The van der Waals surface area contributed by atoms with E-state index in [0.29, 0.717) is 0 Å². The van der Waals surface area contributed by atoms with E-state index >= 15 is 0 Å². The largest absolute Gasteiger partial charge is 0.389 e. The first-order chi connectivity index (χ1) is 10.0. The maximum Gasteiger partial charge on any atom is 0.0718 e. The molecule has 2 heterocycles. The highest BCUT2D eigenvalue weighted by Crippen LogP contribution is 2.30. The zero-order valence-corrected chi connectivity index (χ0v) is 13.4. The first kappa shape index (κ1) is 14.9. The lowest BCUT2D eigenvalue weighted by Crippen LogP contribution is -2.44. The Morgan fingerprint density at radius 1 is 1.14 bits per heavy atom. The minimum absolute atomic E-state index is 0.569. The van der Waals surface area contributed by atoms with Crippen molar-refractivity contribution in [2.45, 2.75) is 38.7 Å². The summed E-state index contributed by atoms with van der Waals surface area (Å²) in [5.41, 5.74) is 2.40. The molecule has 1 fully saturated rings. The van der Waals surface area contributed by atoms with Crippen molar-refractivity contribution in [3.63, 3.8) is 0 Å². The number of piperidine rings is 1. The molecule has 0 spiro atoms. The average molecular weight is 288 g/mol. The molecule has 0 atom stereocenters. The van der Waals surface area contributed by atoms with Gasteiger partial charge in [-0.25, -0.2) is 0 Å². The zero-order valence-electron chi connectivity index (χ0n) is 13.4. The van der Waals surface area contributed by atoms with Crippen molar-refractivity contribution in [2.75, 3.05) is 37.6 Å². The minimum atomic E-state index is -0.569. The molecule has 116 valence electrons. The van der Waals surface area contributed by atoms with Crippen LogP contribution in [0.3, 0.4) is 0 Å². The average Bonchev–Trinajstić information content (AvgIpc) is 2.83. The van der Waals surface area contributed by atoms with Crippen LogP contribution in [0.4, 0.5) is 5.69 Å². The quantitative estimate of drug-likeness (QED) is 0.922. The second-order valence-electron chi connectivity index (χ2n) is 7.36. The van der Waals surface area contributed by atoms with E-state index in [0.717, 1.165) is 25.6 Å². The smallest absolute Gasteiger partial charge is 0.0718 e. The molecular formula is C18H28N2O. The van der Waals surface area contributed by atoms with E-state index < -0.39 is 5.60 Å². The summed E-state index contributed by atoms with van der Waals surface area (Å²) >= 11 is 0. The first-order valence-corrected chi connectivity index (χ1v) is 8.29. The van der Waals surface area contributed by atoms with Crippen LogP contribution < -0.4 is 4.90 Å². The molecule has 2 aliphatic heterocycles. The molecule has 1 aromatic carbocycles. The predicted octanol–water partition coefficient (Wildman–Crippen LogP) is 2.53. The Balaban J connectivity index is 1.50.